The Morgan fingerprint density at radius 3 is 2.63 bits per heavy atom. The summed E-state index contributed by atoms with van der Waals surface area (Å²) in [5.41, 5.74) is 1.15. The number of nitrogens with one attached hydrogen (secondary N) is 1. The van der Waals surface area contributed by atoms with Crippen molar-refractivity contribution < 1.29 is 9.47 Å². The van der Waals surface area contributed by atoms with Crippen LogP contribution in [-0.4, -0.2) is 19.3 Å². The molecule has 1 aliphatic carbocycles. The van der Waals surface area contributed by atoms with Gasteiger partial charge in [-0.25, -0.2) is 0 Å². The minimum atomic E-state index is 0.582. The van der Waals surface area contributed by atoms with Gasteiger partial charge >= 0.3 is 0 Å². The first-order valence-corrected chi connectivity index (χ1v) is 7.38. The predicted molar refractivity (Wildman–Crippen MR) is 77.0 cm³/mol. The van der Waals surface area contributed by atoms with Gasteiger partial charge in [0, 0.05) is 17.8 Å². The van der Waals surface area contributed by atoms with Gasteiger partial charge in [-0.2, -0.15) is 0 Å². The van der Waals surface area contributed by atoms with E-state index in [1.54, 1.807) is 0 Å². The number of fused-ring (bicyclic) bond motifs is 1. The molecule has 19 heavy (non-hydrogen) atoms. The third kappa shape index (κ3) is 2.80. The first-order chi connectivity index (χ1) is 9.22. The van der Waals surface area contributed by atoms with Crippen LogP contribution in [0, 0.1) is 11.8 Å². The fourth-order valence-corrected chi connectivity index (χ4v) is 3.23. The molecule has 0 radical (unpaired) electrons. The molecule has 0 spiro atoms. The van der Waals surface area contributed by atoms with Crippen molar-refractivity contribution in [3.8, 4) is 11.5 Å². The van der Waals surface area contributed by atoms with Gasteiger partial charge in [-0.1, -0.05) is 13.8 Å². The summed E-state index contributed by atoms with van der Waals surface area (Å²) in [7, 11) is 0. The minimum Gasteiger partial charge on any atom is -0.486 e. The van der Waals surface area contributed by atoms with E-state index in [1.807, 2.05) is 6.07 Å². The zero-order chi connectivity index (χ0) is 13.2. The number of hydrogen-bond acceptors (Lipinski definition) is 3. The fraction of sp³-hybridized carbons (Fsp3) is 0.625. The van der Waals surface area contributed by atoms with Crippen LogP contribution in [-0.2, 0) is 0 Å². The van der Waals surface area contributed by atoms with Crippen molar-refractivity contribution in [1.82, 2.24) is 0 Å². The lowest BCUT2D eigenvalue weighted by molar-refractivity contribution is 0.171. The smallest absolute Gasteiger partial charge is 0.163 e. The molecule has 3 heteroatoms. The second-order valence-corrected chi connectivity index (χ2v) is 6.00. The molecule has 1 aliphatic heterocycles. The van der Waals surface area contributed by atoms with E-state index in [4.69, 9.17) is 9.47 Å². The molecular formula is C16H23NO2. The van der Waals surface area contributed by atoms with E-state index in [0.29, 0.717) is 19.3 Å². The van der Waals surface area contributed by atoms with E-state index in [9.17, 15) is 0 Å². The number of hydrogen-bond donors (Lipinski definition) is 1. The monoisotopic (exact) mass is 261 g/mol. The lowest BCUT2D eigenvalue weighted by Crippen LogP contribution is -2.33. The highest BCUT2D eigenvalue weighted by molar-refractivity contribution is 5.55. The molecule has 3 rings (SSSR count). The maximum absolute atomic E-state index is 5.63. The summed E-state index contributed by atoms with van der Waals surface area (Å²) in [4.78, 5) is 0. The number of ether oxygens (including phenoxy) is 2. The third-order valence-corrected chi connectivity index (χ3v) is 4.33. The maximum Gasteiger partial charge on any atom is 0.163 e. The van der Waals surface area contributed by atoms with Crippen LogP contribution in [0.25, 0.3) is 0 Å². The van der Waals surface area contributed by atoms with Crippen molar-refractivity contribution in [3.05, 3.63) is 18.2 Å². The molecule has 0 amide bonds. The Morgan fingerprint density at radius 2 is 1.84 bits per heavy atom. The molecule has 1 saturated carbocycles. The Kier molecular flexibility index (Phi) is 3.54. The molecule has 1 heterocycles. The normalized spacial score (nSPS) is 29.9. The summed E-state index contributed by atoms with van der Waals surface area (Å²) in [6.45, 7) is 6.01. The van der Waals surface area contributed by atoms with Gasteiger partial charge in [-0.3, -0.25) is 0 Å². The van der Waals surface area contributed by atoms with E-state index in [2.05, 4.69) is 31.3 Å². The highest BCUT2D eigenvalue weighted by atomic mass is 16.6. The number of rotatable bonds is 2. The maximum atomic E-state index is 5.63. The summed E-state index contributed by atoms with van der Waals surface area (Å²) in [6.07, 6.45) is 3.91. The van der Waals surface area contributed by atoms with Crippen molar-refractivity contribution in [1.29, 1.82) is 0 Å². The summed E-state index contributed by atoms with van der Waals surface area (Å²) in [6, 6.07) is 6.75. The van der Waals surface area contributed by atoms with E-state index >= 15 is 0 Å². The van der Waals surface area contributed by atoms with Gasteiger partial charge in [0.05, 0.1) is 0 Å². The fourth-order valence-electron chi connectivity index (χ4n) is 3.23. The van der Waals surface area contributed by atoms with Crippen molar-refractivity contribution in [2.75, 3.05) is 18.5 Å². The molecule has 1 aromatic carbocycles. The quantitative estimate of drug-likeness (QED) is 0.880. The first-order valence-electron chi connectivity index (χ1n) is 7.38. The van der Waals surface area contributed by atoms with E-state index < -0.39 is 0 Å². The Balaban J connectivity index is 1.69. The van der Waals surface area contributed by atoms with Crippen LogP contribution < -0.4 is 14.8 Å². The average Bonchev–Trinajstić information content (AvgIpc) is 2.42. The van der Waals surface area contributed by atoms with Gasteiger partial charge in [0.15, 0.2) is 11.5 Å². The molecule has 0 bridgehead atoms. The first kappa shape index (κ1) is 12.6. The van der Waals surface area contributed by atoms with Crippen LogP contribution in [0.3, 0.4) is 0 Å². The zero-order valence-electron chi connectivity index (χ0n) is 11.8. The van der Waals surface area contributed by atoms with E-state index in [-0.39, 0.29) is 0 Å². The van der Waals surface area contributed by atoms with Crippen LogP contribution in [0.4, 0.5) is 5.69 Å². The largest absolute Gasteiger partial charge is 0.486 e. The molecule has 1 N–H and O–H groups in total. The highest BCUT2D eigenvalue weighted by Gasteiger charge is 2.25. The van der Waals surface area contributed by atoms with Gasteiger partial charge in [0.25, 0.3) is 0 Å². The summed E-state index contributed by atoms with van der Waals surface area (Å²) >= 11 is 0. The molecule has 2 aliphatic rings. The minimum absolute atomic E-state index is 0.582. The number of benzene rings is 1. The van der Waals surface area contributed by atoms with Crippen LogP contribution in [0.15, 0.2) is 18.2 Å². The lowest BCUT2D eigenvalue weighted by Gasteiger charge is -2.34. The van der Waals surface area contributed by atoms with Crippen molar-refractivity contribution in [2.45, 2.75) is 39.2 Å². The lowest BCUT2D eigenvalue weighted by atomic mass is 9.80. The Hall–Kier alpha value is -1.38. The summed E-state index contributed by atoms with van der Waals surface area (Å²) in [5, 5.41) is 3.67. The molecule has 3 unspecified atom stereocenters. The molecular weight excluding hydrogens is 238 g/mol. The van der Waals surface area contributed by atoms with Gasteiger partial charge in [-0.05, 0) is 43.2 Å². The Morgan fingerprint density at radius 1 is 1.05 bits per heavy atom. The molecule has 1 aromatic rings. The van der Waals surface area contributed by atoms with Gasteiger partial charge in [0.1, 0.15) is 13.2 Å². The second-order valence-electron chi connectivity index (χ2n) is 6.00. The van der Waals surface area contributed by atoms with Gasteiger partial charge in [-0.15, -0.1) is 0 Å². The summed E-state index contributed by atoms with van der Waals surface area (Å²) in [5.74, 6) is 3.33. The van der Waals surface area contributed by atoms with E-state index in [0.717, 1.165) is 29.0 Å². The molecule has 0 saturated heterocycles. The van der Waals surface area contributed by atoms with Gasteiger partial charge < -0.3 is 14.8 Å². The van der Waals surface area contributed by atoms with E-state index in [1.165, 1.54) is 19.3 Å². The second kappa shape index (κ2) is 5.32. The molecule has 3 nitrogen and oxygen atoms in total. The van der Waals surface area contributed by atoms with Crippen molar-refractivity contribution in [2.24, 2.45) is 11.8 Å². The topological polar surface area (TPSA) is 30.5 Å². The van der Waals surface area contributed by atoms with Crippen LogP contribution >= 0.6 is 0 Å². The Bertz CT molecular complexity index is 446. The third-order valence-electron chi connectivity index (χ3n) is 4.33. The number of anilines is 1. The summed E-state index contributed by atoms with van der Waals surface area (Å²) < 4.78 is 11.2. The van der Waals surface area contributed by atoms with Crippen molar-refractivity contribution in [3.63, 3.8) is 0 Å². The Labute approximate surface area is 115 Å². The SMILES string of the molecule is CC1CCC(Nc2ccc3c(c2)OCCO3)C(C)C1. The predicted octanol–water partition coefficient (Wildman–Crippen LogP) is 3.69. The van der Waals surface area contributed by atoms with Gasteiger partial charge in [0.2, 0.25) is 0 Å². The van der Waals surface area contributed by atoms with Crippen LogP contribution in [0.1, 0.15) is 33.1 Å². The van der Waals surface area contributed by atoms with Crippen LogP contribution in [0.2, 0.25) is 0 Å². The molecule has 0 aromatic heterocycles. The van der Waals surface area contributed by atoms with Crippen LogP contribution in [0.5, 0.6) is 11.5 Å². The highest BCUT2D eigenvalue weighted by Crippen LogP contribution is 2.35. The van der Waals surface area contributed by atoms with Crippen molar-refractivity contribution >= 4 is 5.69 Å². The molecule has 104 valence electrons. The molecule has 1 fully saturated rings. The average molecular weight is 261 g/mol. The zero-order valence-corrected chi connectivity index (χ0v) is 11.8. The standard InChI is InChI=1S/C16H23NO2/c1-11-3-5-14(12(2)9-11)17-13-4-6-15-16(10-13)19-8-7-18-15/h4,6,10-12,14,17H,3,5,7-9H2,1-2H3. The molecule has 3 atom stereocenters.